The van der Waals surface area contributed by atoms with Gasteiger partial charge < -0.3 is 0 Å². The maximum atomic E-state index is 12.6. The molecule has 0 aromatic heterocycles. The van der Waals surface area contributed by atoms with Crippen LogP contribution in [0, 0.1) is 6.92 Å². The predicted octanol–water partition coefficient (Wildman–Crippen LogP) is 4.23. The van der Waals surface area contributed by atoms with Crippen LogP contribution in [0.5, 0.6) is 0 Å². The number of benzene rings is 2. The van der Waals surface area contributed by atoms with E-state index in [2.05, 4.69) is 15.9 Å². The Morgan fingerprint density at radius 1 is 1.19 bits per heavy atom. The Morgan fingerprint density at radius 3 is 2.52 bits per heavy atom. The molecule has 2 aromatic rings. The summed E-state index contributed by atoms with van der Waals surface area (Å²) >= 11 is 9.32. The predicted molar refractivity (Wildman–Crippen MR) is 89.0 cm³/mol. The molecule has 112 valence electrons. The first kappa shape index (κ1) is 16.5. The fourth-order valence-electron chi connectivity index (χ4n) is 2.00. The number of hydrogen-bond donors (Lipinski definition) is 0. The van der Waals surface area contributed by atoms with E-state index in [0.717, 1.165) is 15.6 Å². The van der Waals surface area contributed by atoms with Crippen molar-refractivity contribution in [3.63, 3.8) is 0 Å². The number of rotatable bonds is 4. The van der Waals surface area contributed by atoms with Crippen molar-refractivity contribution in [1.29, 1.82) is 0 Å². The van der Waals surface area contributed by atoms with Gasteiger partial charge in [0, 0.05) is 18.1 Å². The third kappa shape index (κ3) is 3.86. The smallest absolute Gasteiger partial charge is 0.207 e. The lowest BCUT2D eigenvalue weighted by atomic mass is 10.1. The standard InChI is InChI=1S/C15H15BrClNO2S/c1-11-4-3-5-12(8-11)10-18(2)21(19,20)15-7-6-13(16)9-14(15)17/h3-9H,10H2,1-2H3. The van der Waals surface area contributed by atoms with E-state index >= 15 is 0 Å². The molecule has 0 atom stereocenters. The summed E-state index contributed by atoms with van der Waals surface area (Å²) in [7, 11) is -2.07. The van der Waals surface area contributed by atoms with Crippen LogP contribution < -0.4 is 0 Å². The lowest BCUT2D eigenvalue weighted by molar-refractivity contribution is 0.466. The summed E-state index contributed by atoms with van der Waals surface area (Å²) in [5.41, 5.74) is 2.04. The van der Waals surface area contributed by atoms with Crippen LogP contribution >= 0.6 is 27.5 Å². The van der Waals surface area contributed by atoms with E-state index in [9.17, 15) is 8.42 Å². The van der Waals surface area contributed by atoms with Gasteiger partial charge in [0.25, 0.3) is 0 Å². The Labute approximate surface area is 138 Å². The van der Waals surface area contributed by atoms with Crippen LogP contribution in [0.15, 0.2) is 51.8 Å². The molecule has 0 unspecified atom stereocenters. The van der Waals surface area contributed by atoms with Crippen molar-refractivity contribution < 1.29 is 8.42 Å². The molecule has 2 aromatic carbocycles. The zero-order valence-electron chi connectivity index (χ0n) is 11.7. The number of nitrogens with zero attached hydrogens (tertiary/aromatic N) is 1. The Balaban J connectivity index is 2.30. The van der Waals surface area contributed by atoms with Crippen molar-refractivity contribution in [3.05, 3.63) is 63.1 Å². The molecule has 0 saturated heterocycles. The first-order valence-corrected chi connectivity index (χ1v) is 8.89. The van der Waals surface area contributed by atoms with Crippen LogP contribution in [0.3, 0.4) is 0 Å². The maximum absolute atomic E-state index is 12.6. The lowest BCUT2D eigenvalue weighted by Gasteiger charge is -2.18. The molecule has 0 radical (unpaired) electrons. The second-order valence-corrected chi connectivity index (χ2v) is 8.16. The van der Waals surface area contributed by atoms with Gasteiger partial charge in [0.05, 0.1) is 5.02 Å². The third-order valence-electron chi connectivity index (χ3n) is 3.07. The second-order valence-electron chi connectivity index (χ2n) is 4.82. The normalized spacial score (nSPS) is 11.9. The molecule has 3 nitrogen and oxygen atoms in total. The van der Waals surface area contributed by atoms with E-state index in [1.807, 2.05) is 31.2 Å². The van der Waals surface area contributed by atoms with Crippen LogP contribution in [0.25, 0.3) is 0 Å². The molecule has 0 aliphatic rings. The fourth-order valence-corrected chi connectivity index (χ4v) is 4.17. The van der Waals surface area contributed by atoms with Gasteiger partial charge in [0.15, 0.2) is 0 Å². The van der Waals surface area contributed by atoms with Gasteiger partial charge in [-0.1, -0.05) is 57.4 Å². The van der Waals surface area contributed by atoms with Crippen molar-refractivity contribution in [1.82, 2.24) is 4.31 Å². The fraction of sp³-hybridized carbons (Fsp3) is 0.200. The van der Waals surface area contributed by atoms with Crippen LogP contribution in [0.4, 0.5) is 0 Å². The molecule has 6 heteroatoms. The van der Waals surface area contributed by atoms with E-state index in [1.54, 1.807) is 19.2 Å². The summed E-state index contributed by atoms with van der Waals surface area (Å²) in [4.78, 5) is 0.113. The average molecular weight is 389 g/mol. The topological polar surface area (TPSA) is 37.4 Å². The summed E-state index contributed by atoms with van der Waals surface area (Å²) in [6.07, 6.45) is 0. The zero-order valence-corrected chi connectivity index (χ0v) is 14.8. The van der Waals surface area contributed by atoms with E-state index in [1.165, 1.54) is 10.4 Å². The Hall–Kier alpha value is -0.880. The summed E-state index contributed by atoms with van der Waals surface area (Å²) < 4.78 is 27.2. The monoisotopic (exact) mass is 387 g/mol. The molecule has 0 heterocycles. The van der Waals surface area contributed by atoms with E-state index < -0.39 is 10.0 Å². The molecule has 21 heavy (non-hydrogen) atoms. The van der Waals surface area contributed by atoms with Crippen LogP contribution in [0.1, 0.15) is 11.1 Å². The van der Waals surface area contributed by atoms with Gasteiger partial charge in [0.1, 0.15) is 4.90 Å². The highest BCUT2D eigenvalue weighted by atomic mass is 79.9. The minimum absolute atomic E-state index is 0.113. The molecule has 0 spiro atoms. The lowest BCUT2D eigenvalue weighted by Crippen LogP contribution is -2.26. The van der Waals surface area contributed by atoms with E-state index in [0.29, 0.717) is 6.54 Å². The number of aryl methyl sites for hydroxylation is 1. The zero-order chi connectivity index (χ0) is 15.6. The minimum Gasteiger partial charge on any atom is -0.207 e. The van der Waals surface area contributed by atoms with Gasteiger partial charge in [-0.05, 0) is 30.7 Å². The molecular weight excluding hydrogens is 374 g/mol. The maximum Gasteiger partial charge on any atom is 0.244 e. The quantitative estimate of drug-likeness (QED) is 0.786. The van der Waals surface area contributed by atoms with Gasteiger partial charge in [-0.15, -0.1) is 0 Å². The van der Waals surface area contributed by atoms with Crippen LogP contribution in [-0.4, -0.2) is 19.8 Å². The summed E-state index contributed by atoms with van der Waals surface area (Å²) in [5.74, 6) is 0. The van der Waals surface area contributed by atoms with Crippen LogP contribution in [-0.2, 0) is 16.6 Å². The van der Waals surface area contributed by atoms with Crippen molar-refractivity contribution in [3.8, 4) is 0 Å². The molecular formula is C15H15BrClNO2S. The molecule has 0 bridgehead atoms. The number of hydrogen-bond acceptors (Lipinski definition) is 2. The highest BCUT2D eigenvalue weighted by Gasteiger charge is 2.23. The first-order valence-electron chi connectivity index (χ1n) is 6.27. The van der Waals surface area contributed by atoms with Gasteiger partial charge in [-0.25, -0.2) is 8.42 Å². The molecule has 0 N–H and O–H groups in total. The van der Waals surface area contributed by atoms with Crippen LogP contribution in [0.2, 0.25) is 5.02 Å². The van der Waals surface area contributed by atoms with E-state index in [4.69, 9.17) is 11.6 Å². The summed E-state index contributed by atoms with van der Waals surface area (Å²) in [6.45, 7) is 2.28. The number of sulfonamides is 1. The van der Waals surface area contributed by atoms with Crippen molar-refractivity contribution >= 4 is 37.6 Å². The molecule has 0 fully saturated rings. The highest BCUT2D eigenvalue weighted by molar-refractivity contribution is 9.10. The van der Waals surface area contributed by atoms with Gasteiger partial charge >= 0.3 is 0 Å². The second kappa shape index (κ2) is 6.48. The Bertz CT molecular complexity index is 762. The molecule has 0 aliphatic heterocycles. The van der Waals surface area contributed by atoms with E-state index in [-0.39, 0.29) is 9.92 Å². The highest BCUT2D eigenvalue weighted by Crippen LogP contribution is 2.27. The first-order chi connectivity index (χ1) is 9.80. The largest absolute Gasteiger partial charge is 0.244 e. The van der Waals surface area contributed by atoms with Gasteiger partial charge in [0.2, 0.25) is 10.0 Å². The van der Waals surface area contributed by atoms with Gasteiger partial charge in [-0.3, -0.25) is 0 Å². The summed E-state index contributed by atoms with van der Waals surface area (Å²) in [6, 6.07) is 12.5. The average Bonchev–Trinajstić information content (AvgIpc) is 2.38. The molecule has 2 rings (SSSR count). The minimum atomic E-state index is -3.62. The summed E-state index contributed by atoms with van der Waals surface area (Å²) in [5, 5.41) is 0.209. The Morgan fingerprint density at radius 2 is 1.90 bits per heavy atom. The van der Waals surface area contributed by atoms with Crippen molar-refractivity contribution in [2.24, 2.45) is 0 Å². The van der Waals surface area contributed by atoms with Gasteiger partial charge in [-0.2, -0.15) is 4.31 Å². The SMILES string of the molecule is Cc1cccc(CN(C)S(=O)(=O)c2ccc(Br)cc2Cl)c1. The van der Waals surface area contributed by atoms with Crippen molar-refractivity contribution in [2.75, 3.05) is 7.05 Å². The third-order valence-corrected chi connectivity index (χ3v) is 5.85. The number of halogens is 2. The molecule has 0 saturated carbocycles. The molecule has 0 aliphatic carbocycles. The van der Waals surface area contributed by atoms with Crippen molar-refractivity contribution in [2.45, 2.75) is 18.4 Å². The molecule has 0 amide bonds. The Kier molecular flexibility index (Phi) is 5.09.